The predicted molar refractivity (Wildman–Crippen MR) is 72.4 cm³/mol. The van der Waals surface area contributed by atoms with Crippen molar-refractivity contribution in [2.24, 2.45) is 0 Å². The van der Waals surface area contributed by atoms with Gasteiger partial charge in [-0.15, -0.1) is 0 Å². The maximum atomic E-state index is 12.5. The number of hydrogen-bond acceptors (Lipinski definition) is 4. The number of carbonyl (C=O) groups excluding carboxylic acids is 1. The summed E-state index contributed by atoms with van der Waals surface area (Å²) in [7, 11) is 1.80. The molecule has 0 radical (unpaired) electrons. The highest BCUT2D eigenvalue weighted by atomic mass is 16.5. The van der Waals surface area contributed by atoms with Crippen molar-refractivity contribution in [1.82, 2.24) is 10.0 Å². The highest BCUT2D eigenvalue weighted by molar-refractivity contribution is 5.99. The van der Waals surface area contributed by atoms with Crippen LogP contribution in [0.1, 0.15) is 30.6 Å². The average Bonchev–Trinajstić information content (AvgIpc) is 2.46. The Morgan fingerprint density at radius 1 is 1.32 bits per heavy atom. The maximum absolute atomic E-state index is 12.5. The molecule has 0 saturated carbocycles. The van der Waals surface area contributed by atoms with Crippen LogP contribution in [0.5, 0.6) is 0 Å². The first-order valence-corrected chi connectivity index (χ1v) is 6.65. The quantitative estimate of drug-likeness (QED) is 0.774. The zero-order valence-corrected chi connectivity index (χ0v) is 11.5. The van der Waals surface area contributed by atoms with Crippen LogP contribution in [0.25, 0.3) is 0 Å². The van der Waals surface area contributed by atoms with Crippen LogP contribution in [0, 0.1) is 0 Å². The predicted octanol–water partition coefficient (Wildman–Crippen LogP) is 1.88. The monoisotopic (exact) mass is 261 g/mol. The summed E-state index contributed by atoms with van der Waals surface area (Å²) in [5.41, 5.74) is 1.51. The van der Waals surface area contributed by atoms with E-state index in [1.54, 1.807) is 12.1 Å². The summed E-state index contributed by atoms with van der Waals surface area (Å²) in [6.07, 6.45) is 0.792. The number of hydrogen-bond donors (Lipinski definition) is 1. The molecule has 3 atom stereocenters. The third kappa shape index (κ3) is 1.99. The van der Waals surface area contributed by atoms with Crippen molar-refractivity contribution in [3.8, 4) is 0 Å². The fourth-order valence-corrected chi connectivity index (χ4v) is 2.92. The summed E-state index contributed by atoms with van der Waals surface area (Å²) in [6, 6.07) is 7.81. The Labute approximate surface area is 113 Å². The highest BCUT2D eigenvalue weighted by Gasteiger charge is 2.39. The molecule has 3 rings (SSSR count). The molecule has 2 aliphatic heterocycles. The second kappa shape index (κ2) is 4.51. The van der Waals surface area contributed by atoms with Crippen LogP contribution >= 0.6 is 0 Å². The average molecular weight is 261 g/mol. The van der Waals surface area contributed by atoms with Gasteiger partial charge in [0.1, 0.15) is 0 Å². The molecule has 0 spiro atoms. The van der Waals surface area contributed by atoms with Gasteiger partial charge in [-0.25, -0.2) is 0 Å². The molecule has 1 amide bonds. The van der Waals surface area contributed by atoms with Gasteiger partial charge in [-0.1, -0.05) is 12.1 Å². The van der Waals surface area contributed by atoms with Crippen molar-refractivity contribution in [2.75, 3.05) is 12.4 Å². The lowest BCUT2D eigenvalue weighted by molar-refractivity contribution is -0.202. The molecule has 2 heterocycles. The third-order valence-electron chi connectivity index (χ3n) is 3.80. The molecule has 1 saturated heterocycles. The van der Waals surface area contributed by atoms with Crippen molar-refractivity contribution in [3.63, 3.8) is 0 Å². The Morgan fingerprint density at radius 2 is 2.05 bits per heavy atom. The first kappa shape index (κ1) is 12.4. The first-order chi connectivity index (χ1) is 9.08. The Bertz CT molecular complexity index is 505. The molecule has 0 aliphatic carbocycles. The van der Waals surface area contributed by atoms with Gasteiger partial charge < -0.3 is 10.1 Å². The first-order valence-electron chi connectivity index (χ1n) is 6.65. The van der Waals surface area contributed by atoms with E-state index in [-0.39, 0.29) is 24.4 Å². The highest BCUT2D eigenvalue weighted by Crippen LogP contribution is 2.30. The van der Waals surface area contributed by atoms with E-state index >= 15 is 0 Å². The van der Waals surface area contributed by atoms with E-state index in [0.717, 1.165) is 12.1 Å². The lowest BCUT2D eigenvalue weighted by Crippen LogP contribution is -2.60. The van der Waals surface area contributed by atoms with Gasteiger partial charge in [0.2, 0.25) is 6.35 Å². The minimum Gasteiger partial charge on any atom is -0.345 e. The molecule has 1 aromatic rings. The molecule has 0 unspecified atom stereocenters. The largest absolute Gasteiger partial charge is 0.345 e. The zero-order valence-electron chi connectivity index (χ0n) is 11.5. The molecule has 1 N–H and O–H groups in total. The molecule has 102 valence electrons. The van der Waals surface area contributed by atoms with Crippen LogP contribution in [0.3, 0.4) is 0 Å². The molecule has 5 heteroatoms. The van der Waals surface area contributed by atoms with E-state index in [0.29, 0.717) is 5.56 Å². The molecule has 19 heavy (non-hydrogen) atoms. The molecule has 0 aromatic heterocycles. The van der Waals surface area contributed by atoms with Crippen LogP contribution in [0.4, 0.5) is 5.69 Å². The van der Waals surface area contributed by atoms with Crippen molar-refractivity contribution in [3.05, 3.63) is 29.8 Å². The lowest BCUT2D eigenvalue weighted by atomic mass is 10.1. The number of amides is 1. The number of fused-ring (bicyclic) bond motifs is 2. The third-order valence-corrected chi connectivity index (χ3v) is 3.80. The normalized spacial score (nSPS) is 31.2. The summed E-state index contributed by atoms with van der Waals surface area (Å²) in [5.74, 6) is -0.00407. The van der Waals surface area contributed by atoms with Gasteiger partial charge in [-0.2, -0.15) is 5.01 Å². The number of ether oxygens (including phenoxy) is 1. The molecule has 5 nitrogen and oxygen atoms in total. The standard InChI is InChI=1S/C14H19N3O2/c1-9-8-10(2)19-14-15-12-7-5-4-6-11(12)13(18)16(3)17(9)14/h4-7,9-10,14-15H,8H2,1-3H3/t9-,10+,14-/m1/s1. The van der Waals surface area contributed by atoms with Crippen molar-refractivity contribution in [2.45, 2.75) is 38.8 Å². The van der Waals surface area contributed by atoms with Crippen molar-refractivity contribution >= 4 is 11.6 Å². The number of para-hydroxylation sites is 1. The topological polar surface area (TPSA) is 44.8 Å². The zero-order chi connectivity index (χ0) is 13.6. The lowest BCUT2D eigenvalue weighted by Gasteiger charge is -2.45. The number of nitrogens with zero attached hydrogens (tertiary/aromatic N) is 2. The van der Waals surface area contributed by atoms with Gasteiger partial charge in [-0.05, 0) is 32.4 Å². The van der Waals surface area contributed by atoms with E-state index in [1.165, 1.54) is 0 Å². The smallest absolute Gasteiger partial charge is 0.270 e. The molecular formula is C14H19N3O2. The van der Waals surface area contributed by atoms with E-state index in [4.69, 9.17) is 4.74 Å². The number of hydrazine groups is 1. The minimum atomic E-state index is -0.295. The van der Waals surface area contributed by atoms with E-state index in [1.807, 2.05) is 29.3 Å². The number of rotatable bonds is 0. The van der Waals surface area contributed by atoms with Gasteiger partial charge in [-0.3, -0.25) is 9.80 Å². The second-order valence-corrected chi connectivity index (χ2v) is 5.28. The fourth-order valence-electron chi connectivity index (χ4n) is 2.92. The molecule has 0 bridgehead atoms. The molecule has 1 fully saturated rings. The van der Waals surface area contributed by atoms with Crippen molar-refractivity contribution in [1.29, 1.82) is 0 Å². The molecule has 1 aromatic carbocycles. The van der Waals surface area contributed by atoms with Crippen LogP contribution in [0.2, 0.25) is 0 Å². The Morgan fingerprint density at radius 3 is 2.84 bits per heavy atom. The SMILES string of the molecule is C[C@@H]1C[C@H](C)O[C@@H]2Nc3ccccc3C(=O)N(C)N12. The van der Waals surface area contributed by atoms with E-state index < -0.39 is 0 Å². The number of anilines is 1. The van der Waals surface area contributed by atoms with Crippen LogP contribution < -0.4 is 5.32 Å². The van der Waals surface area contributed by atoms with Crippen LogP contribution in [-0.4, -0.2) is 41.5 Å². The van der Waals surface area contributed by atoms with Crippen LogP contribution in [-0.2, 0) is 4.74 Å². The summed E-state index contributed by atoms with van der Waals surface area (Å²) in [4.78, 5) is 12.5. The van der Waals surface area contributed by atoms with Gasteiger partial charge in [0.15, 0.2) is 0 Å². The summed E-state index contributed by atoms with van der Waals surface area (Å²) in [6.45, 7) is 4.18. The van der Waals surface area contributed by atoms with Gasteiger partial charge >= 0.3 is 0 Å². The summed E-state index contributed by atoms with van der Waals surface area (Å²) < 4.78 is 5.94. The Hall–Kier alpha value is -1.59. The summed E-state index contributed by atoms with van der Waals surface area (Å²) in [5, 5.41) is 6.97. The number of carbonyl (C=O) groups is 1. The Kier molecular flexibility index (Phi) is 2.95. The number of benzene rings is 1. The van der Waals surface area contributed by atoms with Gasteiger partial charge in [0.25, 0.3) is 5.91 Å². The second-order valence-electron chi connectivity index (χ2n) is 5.28. The van der Waals surface area contributed by atoms with E-state index in [9.17, 15) is 4.79 Å². The molecular weight excluding hydrogens is 242 g/mol. The fraction of sp³-hybridized carbons (Fsp3) is 0.500. The number of nitrogens with one attached hydrogen (secondary N) is 1. The minimum absolute atomic E-state index is 0.00407. The molecule has 2 aliphatic rings. The van der Waals surface area contributed by atoms with Crippen molar-refractivity contribution < 1.29 is 9.53 Å². The van der Waals surface area contributed by atoms with Crippen LogP contribution in [0.15, 0.2) is 24.3 Å². The van der Waals surface area contributed by atoms with Gasteiger partial charge in [0, 0.05) is 13.1 Å². The van der Waals surface area contributed by atoms with E-state index in [2.05, 4.69) is 19.2 Å². The maximum Gasteiger partial charge on any atom is 0.270 e. The summed E-state index contributed by atoms with van der Waals surface area (Å²) >= 11 is 0. The Balaban J connectivity index is 2.03. The van der Waals surface area contributed by atoms with Gasteiger partial charge in [0.05, 0.1) is 17.4 Å².